The summed E-state index contributed by atoms with van der Waals surface area (Å²) in [7, 11) is 0. The van der Waals surface area contributed by atoms with Gasteiger partial charge in [-0.05, 0) is 25.5 Å². The molecule has 0 aliphatic rings. The van der Waals surface area contributed by atoms with Crippen LogP contribution in [0.5, 0.6) is 0 Å². The molecule has 104 valence electrons. The fourth-order valence-electron chi connectivity index (χ4n) is 2.44. The monoisotopic (exact) mass is 277 g/mol. The highest BCUT2D eigenvalue weighted by Crippen LogP contribution is 2.32. The van der Waals surface area contributed by atoms with Crippen molar-refractivity contribution >= 4 is 23.0 Å². The molecule has 2 heterocycles. The second kappa shape index (κ2) is 5.32. The van der Waals surface area contributed by atoms with Crippen molar-refractivity contribution in [3.63, 3.8) is 0 Å². The molecule has 0 bridgehead atoms. The normalized spacial score (nSPS) is 10.6. The van der Waals surface area contributed by atoms with Crippen LogP contribution in [0, 0.1) is 13.8 Å². The molecule has 0 saturated carbocycles. The Morgan fingerprint density at radius 1 is 1.10 bits per heavy atom. The molecule has 21 heavy (non-hydrogen) atoms. The minimum absolute atomic E-state index is 0.688. The van der Waals surface area contributed by atoms with Crippen molar-refractivity contribution in [2.24, 2.45) is 0 Å². The number of hydrogen-bond acceptors (Lipinski definition) is 3. The topological polar surface area (TPSA) is 54.9 Å². The van der Waals surface area contributed by atoms with Crippen LogP contribution in [0.1, 0.15) is 11.1 Å². The lowest BCUT2D eigenvalue weighted by molar-refractivity contribution is -0.105. The molecule has 0 spiro atoms. The van der Waals surface area contributed by atoms with E-state index >= 15 is 0 Å². The number of anilines is 1. The van der Waals surface area contributed by atoms with Gasteiger partial charge < -0.3 is 5.32 Å². The molecule has 4 nitrogen and oxygen atoms in total. The SMILES string of the molecule is Cc1ccc(-c2nc3ccncc3c(NC=O)c2C)cc1. The molecular formula is C17H15N3O. The average molecular weight is 277 g/mol. The highest BCUT2D eigenvalue weighted by atomic mass is 16.1. The summed E-state index contributed by atoms with van der Waals surface area (Å²) in [6.07, 6.45) is 4.11. The molecule has 0 saturated heterocycles. The largest absolute Gasteiger partial charge is 0.328 e. The van der Waals surface area contributed by atoms with Crippen molar-refractivity contribution < 1.29 is 4.79 Å². The maximum Gasteiger partial charge on any atom is 0.211 e. The van der Waals surface area contributed by atoms with Gasteiger partial charge in [0.25, 0.3) is 0 Å². The Morgan fingerprint density at radius 3 is 2.57 bits per heavy atom. The molecule has 3 rings (SSSR count). The van der Waals surface area contributed by atoms with E-state index in [4.69, 9.17) is 4.98 Å². The van der Waals surface area contributed by atoms with E-state index in [0.717, 1.165) is 33.4 Å². The van der Waals surface area contributed by atoms with Crippen LogP contribution >= 0.6 is 0 Å². The third kappa shape index (κ3) is 2.36. The molecule has 0 aliphatic heterocycles. The van der Waals surface area contributed by atoms with Crippen molar-refractivity contribution in [3.05, 3.63) is 53.9 Å². The predicted molar refractivity (Wildman–Crippen MR) is 84.1 cm³/mol. The number of carbonyl (C=O) groups excluding carboxylic acids is 1. The van der Waals surface area contributed by atoms with Crippen LogP contribution in [0.15, 0.2) is 42.7 Å². The molecule has 0 radical (unpaired) electrons. The fourth-order valence-corrected chi connectivity index (χ4v) is 2.44. The Labute approximate surface area is 122 Å². The molecule has 0 atom stereocenters. The smallest absolute Gasteiger partial charge is 0.211 e. The zero-order chi connectivity index (χ0) is 14.8. The van der Waals surface area contributed by atoms with E-state index in [-0.39, 0.29) is 0 Å². The number of carbonyl (C=O) groups is 1. The second-order valence-electron chi connectivity index (χ2n) is 4.98. The zero-order valence-electron chi connectivity index (χ0n) is 11.9. The van der Waals surface area contributed by atoms with Gasteiger partial charge in [-0.3, -0.25) is 9.78 Å². The van der Waals surface area contributed by atoms with E-state index in [2.05, 4.69) is 29.4 Å². The highest BCUT2D eigenvalue weighted by Gasteiger charge is 2.13. The lowest BCUT2D eigenvalue weighted by atomic mass is 10.0. The number of aromatic nitrogens is 2. The van der Waals surface area contributed by atoms with Gasteiger partial charge in [-0.2, -0.15) is 0 Å². The Hall–Kier alpha value is -2.75. The summed E-state index contributed by atoms with van der Waals surface area (Å²) < 4.78 is 0. The van der Waals surface area contributed by atoms with Crippen molar-refractivity contribution in [1.29, 1.82) is 0 Å². The summed E-state index contributed by atoms with van der Waals surface area (Å²) in [4.78, 5) is 19.7. The van der Waals surface area contributed by atoms with Gasteiger partial charge in [0, 0.05) is 23.3 Å². The number of rotatable bonds is 3. The Kier molecular flexibility index (Phi) is 3.36. The average Bonchev–Trinajstić information content (AvgIpc) is 2.51. The van der Waals surface area contributed by atoms with E-state index in [0.29, 0.717) is 6.41 Å². The van der Waals surface area contributed by atoms with Gasteiger partial charge in [0.1, 0.15) is 0 Å². The van der Waals surface area contributed by atoms with E-state index < -0.39 is 0 Å². The third-order valence-corrected chi connectivity index (χ3v) is 3.56. The Morgan fingerprint density at radius 2 is 1.86 bits per heavy atom. The Balaban J connectivity index is 2.30. The first kappa shape index (κ1) is 13.2. The minimum Gasteiger partial charge on any atom is -0.328 e. The lowest BCUT2D eigenvalue weighted by Gasteiger charge is -2.13. The summed E-state index contributed by atoms with van der Waals surface area (Å²) in [5, 5.41) is 3.63. The molecule has 2 aromatic heterocycles. The number of amides is 1. The van der Waals surface area contributed by atoms with Gasteiger partial charge in [-0.1, -0.05) is 29.8 Å². The molecule has 0 aliphatic carbocycles. The summed E-state index contributed by atoms with van der Waals surface area (Å²) >= 11 is 0. The molecule has 4 heteroatoms. The molecule has 1 N–H and O–H groups in total. The molecule has 3 aromatic rings. The van der Waals surface area contributed by atoms with Gasteiger partial charge in [-0.15, -0.1) is 0 Å². The quantitative estimate of drug-likeness (QED) is 0.746. The van der Waals surface area contributed by atoms with Crippen LogP contribution in [-0.4, -0.2) is 16.4 Å². The highest BCUT2D eigenvalue weighted by molar-refractivity contribution is 5.99. The lowest BCUT2D eigenvalue weighted by Crippen LogP contribution is -2.01. The standard InChI is InChI=1S/C17H15N3O/c1-11-3-5-13(6-4-11)16-12(2)17(19-10-21)14-9-18-8-7-15(14)20-16/h3-10H,1-2H3,(H,19,20,21). The zero-order valence-corrected chi connectivity index (χ0v) is 11.9. The number of aryl methyl sites for hydroxylation is 1. The molecule has 0 unspecified atom stereocenters. The van der Waals surface area contributed by atoms with E-state index in [1.807, 2.05) is 25.1 Å². The third-order valence-electron chi connectivity index (χ3n) is 3.56. The van der Waals surface area contributed by atoms with Crippen molar-refractivity contribution in [2.75, 3.05) is 5.32 Å². The number of fused-ring (bicyclic) bond motifs is 1. The van der Waals surface area contributed by atoms with Crippen LogP contribution < -0.4 is 5.32 Å². The number of nitrogens with zero attached hydrogens (tertiary/aromatic N) is 2. The van der Waals surface area contributed by atoms with Gasteiger partial charge in [0.05, 0.1) is 16.9 Å². The predicted octanol–water partition coefficient (Wildman–Crippen LogP) is 3.48. The number of pyridine rings is 2. The minimum atomic E-state index is 0.688. The second-order valence-corrected chi connectivity index (χ2v) is 4.98. The summed E-state index contributed by atoms with van der Waals surface area (Å²) in [5.41, 5.74) is 5.62. The van der Waals surface area contributed by atoms with Crippen molar-refractivity contribution in [1.82, 2.24) is 9.97 Å². The van der Waals surface area contributed by atoms with E-state index in [9.17, 15) is 4.79 Å². The van der Waals surface area contributed by atoms with Gasteiger partial charge in [0.2, 0.25) is 6.41 Å². The van der Waals surface area contributed by atoms with Gasteiger partial charge in [-0.25, -0.2) is 4.98 Å². The summed E-state index contributed by atoms with van der Waals surface area (Å²) in [5.74, 6) is 0. The van der Waals surface area contributed by atoms with E-state index in [1.165, 1.54) is 5.56 Å². The molecular weight excluding hydrogens is 262 g/mol. The van der Waals surface area contributed by atoms with E-state index in [1.54, 1.807) is 12.4 Å². The van der Waals surface area contributed by atoms with Crippen LogP contribution in [-0.2, 0) is 4.79 Å². The number of benzene rings is 1. The van der Waals surface area contributed by atoms with Gasteiger partial charge in [0.15, 0.2) is 0 Å². The number of nitrogens with one attached hydrogen (secondary N) is 1. The van der Waals surface area contributed by atoms with Crippen LogP contribution in [0.25, 0.3) is 22.2 Å². The Bertz CT molecular complexity index is 810. The first-order chi connectivity index (χ1) is 10.2. The first-order valence-electron chi connectivity index (χ1n) is 6.72. The first-order valence-corrected chi connectivity index (χ1v) is 6.72. The molecule has 1 amide bonds. The molecule has 0 fully saturated rings. The maximum atomic E-state index is 10.9. The fraction of sp³-hybridized carbons (Fsp3) is 0.118. The van der Waals surface area contributed by atoms with Crippen LogP contribution in [0.2, 0.25) is 0 Å². The molecule has 1 aromatic carbocycles. The van der Waals surface area contributed by atoms with Crippen molar-refractivity contribution in [3.8, 4) is 11.3 Å². The van der Waals surface area contributed by atoms with Crippen LogP contribution in [0.4, 0.5) is 5.69 Å². The maximum absolute atomic E-state index is 10.9. The number of hydrogen-bond donors (Lipinski definition) is 1. The van der Waals surface area contributed by atoms with Gasteiger partial charge >= 0.3 is 0 Å². The summed E-state index contributed by atoms with van der Waals surface area (Å²) in [6.45, 7) is 4.01. The van der Waals surface area contributed by atoms with Crippen LogP contribution in [0.3, 0.4) is 0 Å². The summed E-state index contributed by atoms with van der Waals surface area (Å²) in [6, 6.07) is 10.0. The van der Waals surface area contributed by atoms with Crippen molar-refractivity contribution in [2.45, 2.75) is 13.8 Å².